The van der Waals surface area contributed by atoms with Crippen LogP contribution in [0.25, 0.3) is 16.2 Å². The Balaban J connectivity index is 1.71. The number of aromatic nitrogens is 3. The zero-order valence-electron chi connectivity index (χ0n) is 11.9. The molecule has 5 nitrogen and oxygen atoms in total. The molecule has 0 saturated heterocycles. The van der Waals surface area contributed by atoms with Crippen molar-refractivity contribution in [3.05, 3.63) is 56.0 Å². The average molecular weight is 395 g/mol. The minimum Gasteiger partial charge on any atom is -0.288 e. The van der Waals surface area contributed by atoms with Gasteiger partial charge >= 0.3 is 0 Å². The lowest BCUT2D eigenvalue weighted by atomic mass is 10.2. The monoisotopic (exact) mass is 394 g/mol. The van der Waals surface area contributed by atoms with Gasteiger partial charge in [0.15, 0.2) is 0 Å². The quantitative estimate of drug-likeness (QED) is 0.526. The largest absolute Gasteiger partial charge is 0.288 e. The summed E-state index contributed by atoms with van der Waals surface area (Å²) in [5, 5.41) is 12.0. The van der Waals surface area contributed by atoms with Gasteiger partial charge in [0.25, 0.3) is 11.9 Å². The van der Waals surface area contributed by atoms with Crippen molar-refractivity contribution in [2.24, 2.45) is 0 Å². The molecule has 0 spiro atoms. The Labute approximate surface area is 154 Å². The lowest BCUT2D eigenvalue weighted by Gasteiger charge is -2.03. The summed E-state index contributed by atoms with van der Waals surface area (Å²) in [6.07, 6.45) is 0. The highest BCUT2D eigenvalue weighted by Gasteiger charge is 2.16. The molecule has 9 heteroatoms. The molecule has 1 amide bonds. The number of fused-ring (bicyclic) bond motifs is 1. The van der Waals surface area contributed by atoms with E-state index in [0.29, 0.717) is 19.9 Å². The third-order valence-electron chi connectivity index (χ3n) is 3.26. The predicted molar refractivity (Wildman–Crippen MR) is 98.6 cm³/mol. The van der Waals surface area contributed by atoms with E-state index in [1.165, 1.54) is 22.7 Å². The number of hydrogen-bond acceptors (Lipinski definition) is 5. The Hall–Kier alpha value is -1.93. The molecule has 0 aliphatic rings. The zero-order valence-corrected chi connectivity index (χ0v) is 15.0. The number of hydrogen-bond donors (Lipinski definition) is 1. The normalized spacial score (nSPS) is 11.1. The summed E-state index contributed by atoms with van der Waals surface area (Å²) in [4.78, 5) is 17.7. The number of thiophene rings is 1. The summed E-state index contributed by atoms with van der Waals surface area (Å²) < 4.78 is 1.65. The molecule has 0 saturated carbocycles. The second-order valence-corrected chi connectivity index (χ2v) is 7.43. The number of carbonyl (C=O) groups is 1. The van der Waals surface area contributed by atoms with E-state index >= 15 is 0 Å². The molecule has 4 rings (SSSR count). The Bertz CT molecular complexity index is 1040. The third kappa shape index (κ3) is 2.80. The van der Waals surface area contributed by atoms with E-state index in [-0.39, 0.29) is 11.9 Å². The van der Waals surface area contributed by atoms with Crippen LogP contribution in [0.1, 0.15) is 9.67 Å². The summed E-state index contributed by atoms with van der Waals surface area (Å²) in [6, 6.07) is 8.80. The number of thiazole rings is 1. The molecule has 0 bridgehead atoms. The number of anilines is 1. The molecule has 3 heterocycles. The molecule has 120 valence electrons. The van der Waals surface area contributed by atoms with Crippen molar-refractivity contribution in [2.75, 3.05) is 5.32 Å². The third-order valence-corrected chi connectivity index (χ3v) is 5.51. The van der Waals surface area contributed by atoms with Gasteiger partial charge in [0, 0.05) is 16.0 Å². The van der Waals surface area contributed by atoms with E-state index in [9.17, 15) is 4.79 Å². The summed E-state index contributed by atoms with van der Waals surface area (Å²) >= 11 is 15.1. The Morgan fingerprint density at radius 3 is 2.88 bits per heavy atom. The standard InChI is InChI=1S/C15H8Cl2N4OS2/c16-8-3-4-10(17)9(6-8)11-7-24-15-19-14(20-21(11)15)18-13(22)12-2-1-5-23-12/h1-7H,(H,18,20,22). The first-order valence-corrected chi connectivity index (χ1v) is 9.28. The average Bonchev–Trinajstić information content (AvgIpc) is 3.26. The maximum Gasteiger partial charge on any atom is 0.268 e. The van der Waals surface area contributed by atoms with E-state index in [1.54, 1.807) is 28.8 Å². The van der Waals surface area contributed by atoms with E-state index in [0.717, 1.165) is 11.3 Å². The van der Waals surface area contributed by atoms with Crippen LogP contribution in [0.15, 0.2) is 41.1 Å². The van der Waals surface area contributed by atoms with Gasteiger partial charge in [-0.2, -0.15) is 4.98 Å². The van der Waals surface area contributed by atoms with E-state index in [4.69, 9.17) is 23.2 Å². The molecule has 1 N–H and O–H groups in total. The van der Waals surface area contributed by atoms with Crippen LogP contribution in [0, 0.1) is 0 Å². The van der Waals surface area contributed by atoms with Gasteiger partial charge < -0.3 is 0 Å². The van der Waals surface area contributed by atoms with Crippen molar-refractivity contribution in [2.45, 2.75) is 0 Å². The fourth-order valence-corrected chi connectivity index (χ4v) is 4.01. The molecule has 1 aromatic carbocycles. The molecule has 0 unspecified atom stereocenters. The summed E-state index contributed by atoms with van der Waals surface area (Å²) in [5.41, 5.74) is 1.53. The highest BCUT2D eigenvalue weighted by molar-refractivity contribution is 7.15. The smallest absolute Gasteiger partial charge is 0.268 e. The van der Waals surface area contributed by atoms with Crippen LogP contribution in [-0.4, -0.2) is 20.5 Å². The van der Waals surface area contributed by atoms with Crippen LogP contribution in [0.5, 0.6) is 0 Å². The van der Waals surface area contributed by atoms with Crippen LogP contribution in [0.2, 0.25) is 10.0 Å². The van der Waals surface area contributed by atoms with Gasteiger partial charge in [-0.05, 0) is 29.6 Å². The van der Waals surface area contributed by atoms with Crippen molar-refractivity contribution in [3.63, 3.8) is 0 Å². The fourth-order valence-electron chi connectivity index (χ4n) is 2.18. The molecule has 4 aromatic rings. The van der Waals surface area contributed by atoms with Crippen LogP contribution < -0.4 is 5.32 Å². The number of amides is 1. The topological polar surface area (TPSA) is 59.3 Å². The molecule has 24 heavy (non-hydrogen) atoms. The molecular weight excluding hydrogens is 387 g/mol. The minimum absolute atomic E-state index is 0.231. The molecule has 0 aliphatic carbocycles. The first kappa shape index (κ1) is 15.6. The lowest BCUT2D eigenvalue weighted by Crippen LogP contribution is -2.11. The number of benzene rings is 1. The van der Waals surface area contributed by atoms with Crippen molar-refractivity contribution < 1.29 is 4.79 Å². The van der Waals surface area contributed by atoms with Gasteiger partial charge in [0.2, 0.25) is 4.96 Å². The first-order valence-electron chi connectivity index (χ1n) is 6.76. The van der Waals surface area contributed by atoms with E-state index < -0.39 is 0 Å². The van der Waals surface area contributed by atoms with E-state index in [2.05, 4.69) is 15.4 Å². The van der Waals surface area contributed by atoms with Crippen LogP contribution >= 0.6 is 45.9 Å². The zero-order chi connectivity index (χ0) is 16.7. The van der Waals surface area contributed by atoms with Crippen molar-refractivity contribution in [1.82, 2.24) is 14.6 Å². The molecular formula is C15H8Cl2N4OS2. The van der Waals surface area contributed by atoms with Gasteiger partial charge in [-0.25, -0.2) is 4.52 Å². The Morgan fingerprint density at radius 2 is 2.08 bits per heavy atom. The Kier molecular flexibility index (Phi) is 4.01. The molecule has 3 aromatic heterocycles. The first-order chi connectivity index (χ1) is 11.6. The van der Waals surface area contributed by atoms with Crippen molar-refractivity contribution >= 4 is 62.7 Å². The van der Waals surface area contributed by atoms with Crippen molar-refractivity contribution in [3.8, 4) is 11.3 Å². The lowest BCUT2D eigenvalue weighted by molar-refractivity contribution is 0.102. The second kappa shape index (κ2) is 6.18. The maximum absolute atomic E-state index is 12.1. The van der Waals surface area contributed by atoms with Crippen LogP contribution in [-0.2, 0) is 0 Å². The summed E-state index contributed by atoms with van der Waals surface area (Å²) in [6.45, 7) is 0. The predicted octanol–water partition coefficient (Wildman–Crippen LogP) is 5.08. The molecule has 0 atom stereocenters. The fraction of sp³-hybridized carbons (Fsp3) is 0. The maximum atomic E-state index is 12.1. The SMILES string of the molecule is O=C(Nc1nc2scc(-c3cc(Cl)ccc3Cl)n2n1)c1cccs1. The van der Waals surface area contributed by atoms with E-state index in [1.807, 2.05) is 16.8 Å². The number of nitrogens with zero attached hydrogens (tertiary/aromatic N) is 3. The van der Waals surface area contributed by atoms with Gasteiger partial charge in [-0.1, -0.05) is 29.3 Å². The van der Waals surface area contributed by atoms with Crippen LogP contribution in [0.4, 0.5) is 5.95 Å². The number of carbonyl (C=O) groups excluding carboxylic acids is 1. The summed E-state index contributed by atoms with van der Waals surface area (Å²) in [5.74, 6) is 0.0187. The molecule has 0 aliphatic heterocycles. The van der Waals surface area contributed by atoms with Gasteiger partial charge in [-0.15, -0.1) is 27.8 Å². The highest BCUT2D eigenvalue weighted by atomic mass is 35.5. The minimum atomic E-state index is -0.231. The van der Waals surface area contributed by atoms with Gasteiger partial charge in [0.05, 0.1) is 15.6 Å². The molecule has 0 fully saturated rings. The molecule has 0 radical (unpaired) electrons. The Morgan fingerprint density at radius 1 is 1.21 bits per heavy atom. The number of rotatable bonds is 3. The van der Waals surface area contributed by atoms with Crippen LogP contribution in [0.3, 0.4) is 0 Å². The number of nitrogens with one attached hydrogen (secondary N) is 1. The number of halogens is 2. The second-order valence-electron chi connectivity index (χ2n) is 4.81. The van der Waals surface area contributed by atoms with Crippen molar-refractivity contribution in [1.29, 1.82) is 0 Å². The van der Waals surface area contributed by atoms with Gasteiger partial charge in [0.1, 0.15) is 0 Å². The summed E-state index contributed by atoms with van der Waals surface area (Å²) in [7, 11) is 0. The van der Waals surface area contributed by atoms with Gasteiger partial charge in [-0.3, -0.25) is 10.1 Å². The highest BCUT2D eigenvalue weighted by Crippen LogP contribution is 2.33.